The molecule has 1 unspecified atom stereocenters. The highest BCUT2D eigenvalue weighted by atomic mass is 79.9. The Morgan fingerprint density at radius 1 is 1.47 bits per heavy atom. The van der Waals surface area contributed by atoms with Gasteiger partial charge in [-0.15, -0.1) is 0 Å². The lowest BCUT2D eigenvalue weighted by Crippen LogP contribution is -2.39. The first-order chi connectivity index (χ1) is 7.96. The average molecular weight is 315 g/mol. The predicted molar refractivity (Wildman–Crippen MR) is 64.0 cm³/mol. The Bertz CT molecular complexity index is 633. The number of hydrogen-bond donors (Lipinski definition) is 1. The zero-order valence-corrected chi connectivity index (χ0v) is 10.9. The van der Waals surface area contributed by atoms with Crippen molar-refractivity contribution < 1.29 is 13.2 Å². The average Bonchev–Trinajstić information content (AvgIpc) is 2.26. The number of hydrogen-bond acceptors (Lipinski definition) is 4. The Morgan fingerprint density at radius 3 is 2.82 bits per heavy atom. The van der Waals surface area contributed by atoms with E-state index in [0.717, 1.165) is 0 Å². The third-order valence-corrected chi connectivity index (χ3v) is 5.03. The Labute approximate surface area is 106 Å². The van der Waals surface area contributed by atoms with E-state index in [1.54, 1.807) is 12.1 Å². The molecule has 1 aromatic carbocycles. The lowest BCUT2D eigenvalue weighted by molar-refractivity contribution is -0.115. The van der Waals surface area contributed by atoms with Crippen LogP contribution in [0, 0.1) is 11.3 Å². The first-order valence-electron chi connectivity index (χ1n) is 4.68. The zero-order valence-electron chi connectivity index (χ0n) is 8.47. The van der Waals surface area contributed by atoms with Crippen molar-refractivity contribution in [2.75, 3.05) is 5.32 Å². The van der Waals surface area contributed by atoms with Crippen LogP contribution in [0.1, 0.15) is 6.42 Å². The van der Waals surface area contributed by atoms with Gasteiger partial charge in [-0.3, -0.25) is 4.79 Å². The SMILES string of the molecule is N#CCC1C(=O)Nc2ccc(Br)cc2S1(=O)=O. The van der Waals surface area contributed by atoms with Gasteiger partial charge in [0.2, 0.25) is 5.91 Å². The number of fused-ring (bicyclic) bond motifs is 1. The fraction of sp³-hybridized carbons (Fsp3) is 0.200. The molecule has 1 heterocycles. The third kappa shape index (κ3) is 1.94. The van der Waals surface area contributed by atoms with Crippen LogP contribution in [0.5, 0.6) is 0 Å². The number of nitriles is 1. The normalized spacial score (nSPS) is 21.2. The molecule has 0 saturated heterocycles. The molecule has 2 rings (SSSR count). The van der Waals surface area contributed by atoms with Gasteiger partial charge in [-0.1, -0.05) is 15.9 Å². The van der Waals surface area contributed by atoms with Crippen molar-refractivity contribution in [1.82, 2.24) is 0 Å². The van der Waals surface area contributed by atoms with Crippen LogP contribution in [-0.4, -0.2) is 19.6 Å². The van der Waals surface area contributed by atoms with Crippen LogP contribution < -0.4 is 5.32 Å². The van der Waals surface area contributed by atoms with Crippen LogP contribution in [0.4, 0.5) is 5.69 Å². The van der Waals surface area contributed by atoms with Gasteiger partial charge in [0, 0.05) is 4.47 Å². The maximum absolute atomic E-state index is 12.1. The summed E-state index contributed by atoms with van der Waals surface area (Å²) in [7, 11) is -3.78. The van der Waals surface area contributed by atoms with E-state index in [1.807, 2.05) is 0 Å². The summed E-state index contributed by atoms with van der Waals surface area (Å²) in [6.07, 6.45) is -0.347. The number of rotatable bonds is 1. The van der Waals surface area contributed by atoms with E-state index < -0.39 is 21.0 Å². The van der Waals surface area contributed by atoms with Gasteiger partial charge in [-0.25, -0.2) is 8.42 Å². The zero-order chi connectivity index (χ0) is 12.6. The Morgan fingerprint density at radius 2 is 2.18 bits per heavy atom. The molecular weight excluding hydrogens is 308 g/mol. The molecule has 7 heteroatoms. The molecule has 0 spiro atoms. The molecule has 1 aliphatic rings. The minimum absolute atomic E-state index is 0.0479. The van der Waals surface area contributed by atoms with Crippen molar-refractivity contribution in [3.63, 3.8) is 0 Å². The molecule has 0 saturated carbocycles. The molecule has 0 aromatic heterocycles. The van der Waals surface area contributed by atoms with Gasteiger partial charge >= 0.3 is 0 Å². The largest absolute Gasteiger partial charge is 0.324 e. The molecule has 1 aliphatic heterocycles. The third-order valence-electron chi connectivity index (χ3n) is 2.45. The number of benzene rings is 1. The highest BCUT2D eigenvalue weighted by molar-refractivity contribution is 9.10. The summed E-state index contributed by atoms with van der Waals surface area (Å²) in [5.74, 6) is -0.652. The van der Waals surface area contributed by atoms with E-state index in [4.69, 9.17) is 5.26 Å². The highest BCUT2D eigenvalue weighted by Gasteiger charge is 2.40. The van der Waals surface area contributed by atoms with Crippen LogP contribution >= 0.6 is 15.9 Å². The molecule has 1 aromatic rings. The predicted octanol–water partition coefficient (Wildman–Crippen LogP) is 1.46. The standard InChI is InChI=1S/C10H7BrN2O3S/c11-6-1-2-7-9(5-6)17(15,16)8(3-4-12)10(14)13-7/h1-2,5,8H,3H2,(H,13,14). The molecule has 0 aliphatic carbocycles. The summed E-state index contributed by atoms with van der Waals surface area (Å²) in [6, 6.07) is 6.29. The van der Waals surface area contributed by atoms with Crippen LogP contribution in [0.15, 0.2) is 27.6 Å². The van der Waals surface area contributed by atoms with E-state index in [1.165, 1.54) is 12.1 Å². The minimum atomic E-state index is -3.78. The van der Waals surface area contributed by atoms with E-state index in [2.05, 4.69) is 21.2 Å². The number of halogens is 1. The summed E-state index contributed by atoms with van der Waals surface area (Å²) in [5.41, 5.74) is 0.257. The first-order valence-corrected chi connectivity index (χ1v) is 7.02. The summed E-state index contributed by atoms with van der Waals surface area (Å²) in [4.78, 5) is 11.6. The Kier molecular flexibility index (Phi) is 2.93. The lowest BCUT2D eigenvalue weighted by atomic mass is 10.2. The first kappa shape index (κ1) is 12.1. The van der Waals surface area contributed by atoms with Crippen LogP contribution in [-0.2, 0) is 14.6 Å². The van der Waals surface area contributed by atoms with Crippen molar-refractivity contribution in [2.45, 2.75) is 16.6 Å². The van der Waals surface area contributed by atoms with Crippen molar-refractivity contribution in [3.8, 4) is 6.07 Å². The molecule has 1 amide bonds. The Hall–Kier alpha value is -1.39. The van der Waals surface area contributed by atoms with E-state index >= 15 is 0 Å². The van der Waals surface area contributed by atoms with Crippen molar-refractivity contribution in [1.29, 1.82) is 5.26 Å². The molecule has 0 fully saturated rings. The monoisotopic (exact) mass is 314 g/mol. The summed E-state index contributed by atoms with van der Waals surface area (Å²) >= 11 is 3.17. The van der Waals surface area contributed by atoms with E-state index in [9.17, 15) is 13.2 Å². The molecule has 0 radical (unpaired) electrons. The second kappa shape index (κ2) is 4.13. The topological polar surface area (TPSA) is 87.0 Å². The maximum Gasteiger partial charge on any atom is 0.244 e. The fourth-order valence-corrected chi connectivity index (χ4v) is 3.80. The summed E-state index contributed by atoms with van der Waals surface area (Å²) < 4.78 is 24.9. The highest BCUT2D eigenvalue weighted by Crippen LogP contribution is 2.33. The van der Waals surface area contributed by atoms with Gasteiger partial charge < -0.3 is 5.32 Å². The van der Waals surface area contributed by atoms with E-state index in [-0.39, 0.29) is 17.0 Å². The second-order valence-corrected chi connectivity index (χ2v) is 6.54. The smallest absolute Gasteiger partial charge is 0.244 e. The maximum atomic E-state index is 12.1. The number of carbonyl (C=O) groups excluding carboxylic acids is 1. The minimum Gasteiger partial charge on any atom is -0.324 e. The van der Waals surface area contributed by atoms with Gasteiger partial charge in [0.15, 0.2) is 15.1 Å². The molecule has 1 N–H and O–H groups in total. The van der Waals surface area contributed by atoms with E-state index in [0.29, 0.717) is 4.47 Å². The van der Waals surface area contributed by atoms with Gasteiger partial charge in [-0.05, 0) is 18.2 Å². The quantitative estimate of drug-likeness (QED) is 0.850. The number of anilines is 1. The van der Waals surface area contributed by atoms with Gasteiger partial charge in [0.1, 0.15) is 0 Å². The van der Waals surface area contributed by atoms with Crippen molar-refractivity contribution in [2.24, 2.45) is 0 Å². The molecular formula is C10H7BrN2O3S. The van der Waals surface area contributed by atoms with Gasteiger partial charge in [0.25, 0.3) is 0 Å². The van der Waals surface area contributed by atoms with Crippen LogP contribution in [0.25, 0.3) is 0 Å². The molecule has 5 nitrogen and oxygen atoms in total. The molecule has 1 atom stereocenters. The summed E-state index contributed by atoms with van der Waals surface area (Å²) in [6.45, 7) is 0. The molecule has 0 bridgehead atoms. The number of amides is 1. The number of sulfone groups is 1. The Balaban J connectivity index is 2.64. The molecule has 88 valence electrons. The number of nitrogens with one attached hydrogen (secondary N) is 1. The lowest BCUT2D eigenvalue weighted by Gasteiger charge is -2.23. The van der Waals surface area contributed by atoms with Crippen molar-refractivity contribution in [3.05, 3.63) is 22.7 Å². The van der Waals surface area contributed by atoms with Gasteiger partial charge in [-0.2, -0.15) is 5.26 Å². The number of nitrogens with zero attached hydrogens (tertiary/aromatic N) is 1. The summed E-state index contributed by atoms with van der Waals surface area (Å²) in [5, 5.41) is 9.73. The number of carbonyl (C=O) groups is 1. The van der Waals surface area contributed by atoms with Crippen LogP contribution in [0.3, 0.4) is 0 Å². The fourth-order valence-electron chi connectivity index (χ4n) is 1.63. The van der Waals surface area contributed by atoms with Crippen molar-refractivity contribution >= 4 is 37.4 Å². The van der Waals surface area contributed by atoms with Crippen LogP contribution in [0.2, 0.25) is 0 Å². The second-order valence-electron chi connectivity index (χ2n) is 3.53. The van der Waals surface area contributed by atoms with Gasteiger partial charge in [0.05, 0.1) is 23.1 Å². The molecule has 17 heavy (non-hydrogen) atoms.